The van der Waals surface area contributed by atoms with Crippen LogP contribution < -0.4 is 9.47 Å². The van der Waals surface area contributed by atoms with Crippen LogP contribution in [0.15, 0.2) is 66.7 Å². The lowest BCUT2D eigenvalue weighted by Gasteiger charge is -2.11. The van der Waals surface area contributed by atoms with Crippen LogP contribution in [0.2, 0.25) is 0 Å². The largest absolute Gasteiger partial charge is 0.490 e. The molecule has 7 nitrogen and oxygen atoms in total. The van der Waals surface area contributed by atoms with Crippen LogP contribution in [0.3, 0.4) is 0 Å². The molecule has 0 unspecified atom stereocenters. The molecule has 0 atom stereocenters. The van der Waals surface area contributed by atoms with Gasteiger partial charge in [0.1, 0.15) is 31.3 Å². The number of hydrogen-bond acceptors (Lipinski definition) is 4. The number of carboxylic acids is 2. The van der Waals surface area contributed by atoms with Crippen LogP contribution >= 0.6 is 0 Å². The Morgan fingerprint density at radius 2 is 1.51 bits per heavy atom. The maximum Gasteiger partial charge on any atom is 0.323 e. The van der Waals surface area contributed by atoms with Crippen LogP contribution in [-0.2, 0) is 22.6 Å². The maximum absolute atomic E-state index is 11.7. The predicted molar refractivity (Wildman–Crippen MR) is 171 cm³/mol. The second-order valence-corrected chi connectivity index (χ2v) is 10.8. The first-order chi connectivity index (χ1) is 20.6. The molecule has 0 saturated heterocycles. The highest BCUT2D eigenvalue weighted by Crippen LogP contribution is 2.31. The maximum atomic E-state index is 11.7. The normalized spacial score (nSPS) is 11.5. The average molecular weight is 582 g/mol. The predicted octanol–water partition coefficient (Wildman–Crippen LogP) is 7.55. The van der Waals surface area contributed by atoms with Gasteiger partial charge in [0.2, 0.25) is 0 Å². The highest BCUT2D eigenvalue weighted by Gasteiger charge is 2.18. The number of ether oxygens (including phenoxy) is 2. The van der Waals surface area contributed by atoms with Crippen molar-refractivity contribution in [2.24, 2.45) is 0 Å². The van der Waals surface area contributed by atoms with Crippen LogP contribution in [0.5, 0.6) is 11.5 Å². The Hall–Kier alpha value is -4.78. The summed E-state index contributed by atoms with van der Waals surface area (Å²) < 4.78 is 13.6. The molecule has 0 saturated carbocycles. The number of nitrogens with zero attached hydrogens (tertiary/aromatic N) is 1. The van der Waals surface area contributed by atoms with Gasteiger partial charge in [0.05, 0.1) is 5.52 Å². The van der Waals surface area contributed by atoms with Gasteiger partial charge in [-0.05, 0) is 92.6 Å². The summed E-state index contributed by atoms with van der Waals surface area (Å²) >= 11 is 0. The molecule has 224 valence electrons. The second-order valence-electron chi connectivity index (χ2n) is 10.8. The van der Waals surface area contributed by atoms with E-state index in [2.05, 4.69) is 32.9 Å². The highest BCUT2D eigenvalue weighted by molar-refractivity contribution is 5.95. The second kappa shape index (κ2) is 14.4. The molecule has 0 amide bonds. The van der Waals surface area contributed by atoms with Gasteiger partial charge in [0, 0.05) is 17.5 Å². The number of hydrogen-bond donors (Lipinski definition) is 2. The summed E-state index contributed by atoms with van der Waals surface area (Å²) in [6.07, 6.45) is 9.01. The van der Waals surface area contributed by atoms with Crippen molar-refractivity contribution in [1.29, 1.82) is 0 Å². The first-order valence-corrected chi connectivity index (χ1v) is 14.4. The molecule has 0 bridgehead atoms. The van der Waals surface area contributed by atoms with E-state index >= 15 is 0 Å². The summed E-state index contributed by atoms with van der Waals surface area (Å²) in [5.41, 5.74) is 8.06. The fourth-order valence-corrected chi connectivity index (χ4v) is 5.50. The van der Waals surface area contributed by atoms with Gasteiger partial charge in [0.25, 0.3) is 0 Å². The number of para-hydroxylation sites is 1. The molecule has 1 heterocycles. The minimum atomic E-state index is -0.926. The van der Waals surface area contributed by atoms with Crippen LogP contribution in [0, 0.1) is 27.7 Å². The molecule has 43 heavy (non-hydrogen) atoms. The molecule has 3 aromatic carbocycles. The van der Waals surface area contributed by atoms with E-state index in [1.165, 1.54) is 5.56 Å². The zero-order valence-electron chi connectivity index (χ0n) is 25.2. The third-order valence-electron chi connectivity index (χ3n) is 7.39. The van der Waals surface area contributed by atoms with E-state index in [0.29, 0.717) is 26.1 Å². The summed E-state index contributed by atoms with van der Waals surface area (Å²) in [7, 11) is 0. The quantitative estimate of drug-likeness (QED) is 0.118. The van der Waals surface area contributed by atoms with Gasteiger partial charge in [0.15, 0.2) is 0 Å². The lowest BCUT2D eigenvalue weighted by Crippen LogP contribution is -2.10. The molecular weight excluding hydrogens is 542 g/mol. The summed E-state index contributed by atoms with van der Waals surface area (Å²) in [5.74, 6) is -0.0771. The van der Waals surface area contributed by atoms with Crippen LogP contribution in [0.1, 0.15) is 51.9 Å². The van der Waals surface area contributed by atoms with Crippen molar-refractivity contribution in [3.05, 3.63) is 106 Å². The molecule has 0 spiro atoms. The number of aromatic nitrogens is 1. The minimum Gasteiger partial charge on any atom is -0.490 e. The van der Waals surface area contributed by atoms with Gasteiger partial charge < -0.3 is 24.3 Å². The van der Waals surface area contributed by atoms with Crippen molar-refractivity contribution < 1.29 is 29.3 Å². The van der Waals surface area contributed by atoms with E-state index in [4.69, 9.17) is 14.6 Å². The van der Waals surface area contributed by atoms with Crippen molar-refractivity contribution in [2.45, 2.75) is 53.5 Å². The molecule has 7 heteroatoms. The third-order valence-corrected chi connectivity index (χ3v) is 7.39. The Bertz CT molecular complexity index is 1640. The van der Waals surface area contributed by atoms with Crippen LogP contribution in [0.25, 0.3) is 23.1 Å². The fourth-order valence-electron chi connectivity index (χ4n) is 5.50. The number of benzene rings is 3. The number of rotatable bonds is 14. The highest BCUT2D eigenvalue weighted by atomic mass is 16.5. The van der Waals surface area contributed by atoms with Crippen molar-refractivity contribution in [2.75, 3.05) is 13.2 Å². The average Bonchev–Trinajstić information content (AvgIpc) is 3.21. The van der Waals surface area contributed by atoms with Crippen molar-refractivity contribution in [3.63, 3.8) is 0 Å². The Morgan fingerprint density at radius 1 is 0.837 bits per heavy atom. The molecule has 0 aliphatic rings. The van der Waals surface area contributed by atoms with Crippen LogP contribution in [-0.4, -0.2) is 39.9 Å². The van der Waals surface area contributed by atoms with E-state index in [9.17, 15) is 14.7 Å². The number of carboxylic acid groups (broad SMARTS) is 2. The lowest BCUT2D eigenvalue weighted by atomic mass is 10.0. The molecule has 0 fully saturated rings. The summed E-state index contributed by atoms with van der Waals surface area (Å²) in [6, 6.07) is 17.9. The molecular formula is C36H39NO6. The van der Waals surface area contributed by atoms with E-state index in [1.807, 2.05) is 78.3 Å². The Morgan fingerprint density at radius 3 is 2.16 bits per heavy atom. The Balaban J connectivity index is 1.40. The summed E-state index contributed by atoms with van der Waals surface area (Å²) in [4.78, 5) is 22.7. The van der Waals surface area contributed by atoms with Crippen molar-refractivity contribution in [3.8, 4) is 11.5 Å². The first-order valence-electron chi connectivity index (χ1n) is 14.4. The zero-order chi connectivity index (χ0) is 30.9. The molecule has 2 N–H and O–H groups in total. The molecule has 0 radical (unpaired) electrons. The molecule has 4 aromatic rings. The van der Waals surface area contributed by atoms with Gasteiger partial charge in [-0.2, -0.15) is 0 Å². The first kappa shape index (κ1) is 31.2. The number of fused-ring (bicyclic) bond motifs is 1. The summed E-state index contributed by atoms with van der Waals surface area (Å²) in [6.45, 7) is 8.85. The number of carbonyl (C=O) groups is 2. The molecule has 4 rings (SSSR count). The third kappa shape index (κ3) is 8.16. The standard InChI is InChI=1S/C36H39NO6/c1-24-21-25(2)36(26(3)22-24)43-20-6-5-19-42-30-17-14-28(15-18-30)13-16-29-9-7-11-32-31(10-8-12-33(38)39)27(4)37(35(29)32)23-34(40)41/h5-7,9,11,13-18,21-22H,8,10,12,19-20,23H2,1-4H3,(H,38,39)(H,40,41)/b6-5+,16-13+. The van der Waals surface area contributed by atoms with E-state index in [-0.39, 0.29) is 13.0 Å². The van der Waals surface area contributed by atoms with Gasteiger partial charge in [-0.3, -0.25) is 9.59 Å². The van der Waals surface area contributed by atoms with E-state index in [0.717, 1.165) is 55.9 Å². The van der Waals surface area contributed by atoms with Gasteiger partial charge in [-0.25, -0.2) is 0 Å². The van der Waals surface area contributed by atoms with Crippen molar-refractivity contribution >= 4 is 35.0 Å². The fraction of sp³-hybridized carbons (Fsp3) is 0.278. The van der Waals surface area contributed by atoms with Gasteiger partial charge in [-0.1, -0.05) is 60.2 Å². The van der Waals surface area contributed by atoms with Gasteiger partial charge >= 0.3 is 11.9 Å². The van der Waals surface area contributed by atoms with Crippen molar-refractivity contribution in [1.82, 2.24) is 4.57 Å². The SMILES string of the molecule is Cc1cc(C)c(OC/C=C/COc2ccc(/C=C/c3cccc4c(CCCC(=O)O)c(C)n(CC(=O)O)c34)cc2)c(C)c1. The lowest BCUT2D eigenvalue weighted by molar-refractivity contribution is -0.138. The number of aryl methyl sites for hydroxylation is 4. The topological polar surface area (TPSA) is 98.0 Å². The molecule has 1 aromatic heterocycles. The van der Waals surface area contributed by atoms with E-state index < -0.39 is 11.9 Å². The summed E-state index contributed by atoms with van der Waals surface area (Å²) in [5, 5.41) is 19.6. The molecule has 0 aliphatic carbocycles. The van der Waals surface area contributed by atoms with E-state index in [1.54, 1.807) is 0 Å². The molecule has 0 aliphatic heterocycles. The zero-order valence-corrected chi connectivity index (χ0v) is 25.2. The Kier molecular flexibility index (Phi) is 10.4. The monoisotopic (exact) mass is 581 g/mol. The van der Waals surface area contributed by atoms with Gasteiger partial charge in [-0.15, -0.1) is 0 Å². The smallest absolute Gasteiger partial charge is 0.323 e. The van der Waals surface area contributed by atoms with Crippen LogP contribution in [0.4, 0.5) is 0 Å². The number of aliphatic carboxylic acids is 2. The Labute approximate surface area is 252 Å². The minimum absolute atomic E-state index is 0.0719.